The van der Waals surface area contributed by atoms with Crippen LogP contribution in [0.3, 0.4) is 0 Å². The lowest BCUT2D eigenvalue weighted by molar-refractivity contribution is 0.414. The molecule has 0 saturated carbocycles. The van der Waals surface area contributed by atoms with Crippen LogP contribution in [-0.2, 0) is 10.0 Å². The van der Waals surface area contributed by atoms with E-state index in [9.17, 15) is 8.42 Å². The lowest BCUT2D eigenvalue weighted by Gasteiger charge is -2.04. The number of sulfonamides is 1. The van der Waals surface area contributed by atoms with Gasteiger partial charge in [0.25, 0.3) is 10.0 Å². The van der Waals surface area contributed by atoms with E-state index in [-0.39, 0.29) is 4.90 Å². The summed E-state index contributed by atoms with van der Waals surface area (Å²) < 4.78 is 31.3. The van der Waals surface area contributed by atoms with Crippen LogP contribution in [0.15, 0.2) is 71.4 Å². The highest BCUT2D eigenvalue weighted by Crippen LogP contribution is 2.15. The average Bonchev–Trinajstić information content (AvgIpc) is 2.53. The molecule has 0 atom stereocenters. The Bertz CT molecular complexity index is 744. The lowest BCUT2D eigenvalue weighted by atomic mass is 10.2. The topological polar surface area (TPSA) is 55.4 Å². The van der Waals surface area contributed by atoms with Crippen LogP contribution in [0.25, 0.3) is 6.08 Å². The van der Waals surface area contributed by atoms with Crippen molar-refractivity contribution in [3.8, 4) is 5.75 Å². The first-order valence-corrected chi connectivity index (χ1v) is 7.72. The third-order valence-electron chi connectivity index (χ3n) is 2.72. The highest BCUT2D eigenvalue weighted by Gasteiger charge is 2.11. The van der Waals surface area contributed by atoms with Gasteiger partial charge in [-0.05, 0) is 35.9 Å². The summed E-state index contributed by atoms with van der Waals surface area (Å²) in [5.41, 5.74) is 3.73. The van der Waals surface area contributed by atoms with E-state index in [1.54, 1.807) is 18.2 Å². The van der Waals surface area contributed by atoms with Gasteiger partial charge in [0.1, 0.15) is 5.75 Å². The molecule has 0 aliphatic carbocycles. The molecule has 0 saturated heterocycles. The van der Waals surface area contributed by atoms with Crippen LogP contribution in [0.5, 0.6) is 5.75 Å². The molecule has 21 heavy (non-hydrogen) atoms. The van der Waals surface area contributed by atoms with Crippen LogP contribution >= 0.6 is 0 Å². The van der Waals surface area contributed by atoms with Crippen LogP contribution in [0.2, 0.25) is 0 Å². The van der Waals surface area contributed by atoms with E-state index >= 15 is 0 Å². The van der Waals surface area contributed by atoms with Crippen molar-refractivity contribution in [2.24, 2.45) is 0 Å². The van der Waals surface area contributed by atoms with Crippen molar-refractivity contribution in [3.63, 3.8) is 0 Å². The van der Waals surface area contributed by atoms with E-state index in [1.165, 1.54) is 25.4 Å². The fraction of sp³-hybridized carbons (Fsp3) is 0.0625. The zero-order chi connectivity index (χ0) is 15.1. The van der Waals surface area contributed by atoms with Gasteiger partial charge in [0.15, 0.2) is 0 Å². The minimum atomic E-state index is -3.58. The molecule has 0 fully saturated rings. The van der Waals surface area contributed by atoms with Crippen LogP contribution in [-0.4, -0.2) is 15.5 Å². The highest BCUT2D eigenvalue weighted by atomic mass is 32.2. The number of methoxy groups -OCH3 is 1. The SMILES string of the molecule is COc1ccc(S(=O)(=O)NC=C=Cc2ccccc2)cc1. The second-order valence-electron chi connectivity index (χ2n) is 4.16. The largest absolute Gasteiger partial charge is 0.497 e. The molecule has 0 bridgehead atoms. The van der Waals surface area contributed by atoms with E-state index < -0.39 is 10.0 Å². The van der Waals surface area contributed by atoms with E-state index in [0.29, 0.717) is 5.75 Å². The van der Waals surface area contributed by atoms with Gasteiger partial charge in [-0.3, -0.25) is 4.72 Å². The first-order valence-electron chi connectivity index (χ1n) is 6.24. The second-order valence-corrected chi connectivity index (χ2v) is 5.88. The molecule has 2 rings (SSSR count). The summed E-state index contributed by atoms with van der Waals surface area (Å²) in [6.45, 7) is 0. The second kappa shape index (κ2) is 6.79. The smallest absolute Gasteiger partial charge is 0.261 e. The maximum absolute atomic E-state index is 12.0. The molecule has 0 aliphatic rings. The van der Waals surface area contributed by atoms with Crippen LogP contribution < -0.4 is 9.46 Å². The summed E-state index contributed by atoms with van der Waals surface area (Å²) in [5, 5.41) is 0. The van der Waals surface area contributed by atoms with E-state index in [4.69, 9.17) is 4.74 Å². The maximum Gasteiger partial charge on any atom is 0.261 e. The Hall–Kier alpha value is -2.49. The van der Waals surface area contributed by atoms with Crippen LogP contribution in [0, 0.1) is 0 Å². The molecule has 2 aromatic rings. The molecule has 1 N–H and O–H groups in total. The summed E-state index contributed by atoms with van der Waals surface area (Å²) in [4.78, 5) is 0.168. The Labute approximate surface area is 124 Å². The Kier molecular flexibility index (Phi) is 4.82. The summed E-state index contributed by atoms with van der Waals surface area (Å²) in [6.07, 6.45) is 2.96. The Morgan fingerprint density at radius 2 is 1.71 bits per heavy atom. The predicted molar refractivity (Wildman–Crippen MR) is 82.3 cm³/mol. The number of hydrogen-bond donors (Lipinski definition) is 1. The quantitative estimate of drug-likeness (QED) is 0.864. The number of hydrogen-bond acceptors (Lipinski definition) is 3. The van der Waals surface area contributed by atoms with Crippen molar-refractivity contribution in [2.75, 3.05) is 7.11 Å². The minimum absolute atomic E-state index is 0.168. The van der Waals surface area contributed by atoms with Gasteiger partial charge in [0.2, 0.25) is 0 Å². The van der Waals surface area contributed by atoms with Crippen LogP contribution in [0.4, 0.5) is 0 Å². The van der Waals surface area contributed by atoms with Gasteiger partial charge in [-0.15, -0.1) is 5.73 Å². The van der Waals surface area contributed by atoms with Crippen molar-refractivity contribution >= 4 is 16.1 Å². The molecule has 0 aliphatic heterocycles. The first-order chi connectivity index (χ1) is 10.1. The molecule has 0 spiro atoms. The third-order valence-corrected chi connectivity index (χ3v) is 4.04. The average molecular weight is 301 g/mol. The van der Waals surface area contributed by atoms with Gasteiger partial charge >= 0.3 is 0 Å². The molecule has 0 aromatic heterocycles. The van der Waals surface area contributed by atoms with Crippen LogP contribution in [0.1, 0.15) is 5.56 Å². The van der Waals surface area contributed by atoms with Gasteiger partial charge in [0, 0.05) is 0 Å². The van der Waals surface area contributed by atoms with Gasteiger partial charge in [0.05, 0.1) is 18.2 Å². The molecule has 0 heterocycles. The van der Waals surface area contributed by atoms with Gasteiger partial charge in [-0.1, -0.05) is 30.3 Å². The predicted octanol–water partition coefficient (Wildman–Crippen LogP) is 2.80. The maximum atomic E-state index is 12.0. The molecule has 2 aromatic carbocycles. The Morgan fingerprint density at radius 1 is 1.05 bits per heavy atom. The number of ether oxygens (including phenoxy) is 1. The molecule has 5 heteroatoms. The van der Waals surface area contributed by atoms with Crippen molar-refractivity contribution in [3.05, 3.63) is 72.1 Å². The van der Waals surface area contributed by atoms with Crippen molar-refractivity contribution in [2.45, 2.75) is 4.90 Å². The van der Waals surface area contributed by atoms with Crippen molar-refractivity contribution < 1.29 is 13.2 Å². The fourth-order valence-electron chi connectivity index (χ4n) is 1.62. The monoisotopic (exact) mass is 301 g/mol. The van der Waals surface area contributed by atoms with E-state index in [1.807, 2.05) is 30.3 Å². The Balaban J connectivity index is 2.09. The number of nitrogens with one attached hydrogen (secondary N) is 1. The number of rotatable bonds is 5. The summed E-state index contributed by atoms with van der Waals surface area (Å²) >= 11 is 0. The molecular formula is C16H15NO3S. The molecule has 4 nitrogen and oxygen atoms in total. The van der Waals surface area contributed by atoms with Gasteiger partial charge in [-0.2, -0.15) is 0 Å². The highest BCUT2D eigenvalue weighted by molar-refractivity contribution is 7.89. The zero-order valence-corrected chi connectivity index (χ0v) is 12.3. The van der Waals surface area contributed by atoms with Gasteiger partial charge in [-0.25, -0.2) is 8.42 Å². The molecule has 0 unspecified atom stereocenters. The summed E-state index contributed by atoms with van der Waals surface area (Å²) in [5.74, 6) is 0.605. The number of benzene rings is 2. The molecular weight excluding hydrogens is 286 g/mol. The Morgan fingerprint density at radius 3 is 2.33 bits per heavy atom. The lowest BCUT2D eigenvalue weighted by Crippen LogP contribution is -2.17. The van der Waals surface area contributed by atoms with E-state index in [2.05, 4.69) is 10.5 Å². The zero-order valence-electron chi connectivity index (χ0n) is 11.5. The minimum Gasteiger partial charge on any atom is -0.497 e. The summed E-state index contributed by atoms with van der Waals surface area (Å²) in [6, 6.07) is 15.7. The van der Waals surface area contributed by atoms with E-state index in [0.717, 1.165) is 5.56 Å². The standard InChI is InChI=1S/C16H15NO3S/c1-20-15-9-11-16(12-10-15)21(18,19)17-13-5-8-14-6-3-2-4-7-14/h2-4,6-13,17H,1H3. The summed E-state index contributed by atoms with van der Waals surface area (Å²) in [7, 11) is -2.06. The first kappa shape index (κ1) is 14.9. The van der Waals surface area contributed by atoms with Crippen molar-refractivity contribution in [1.82, 2.24) is 4.72 Å². The molecule has 0 amide bonds. The normalized spacial score (nSPS) is 10.3. The van der Waals surface area contributed by atoms with Gasteiger partial charge < -0.3 is 4.74 Å². The third kappa shape index (κ3) is 4.24. The molecule has 108 valence electrons. The van der Waals surface area contributed by atoms with Crippen molar-refractivity contribution in [1.29, 1.82) is 0 Å². The molecule has 0 radical (unpaired) electrons. The fourth-order valence-corrected chi connectivity index (χ4v) is 2.48.